The van der Waals surface area contributed by atoms with Crippen LogP contribution >= 0.6 is 0 Å². The van der Waals surface area contributed by atoms with Gasteiger partial charge < -0.3 is 0 Å². The van der Waals surface area contributed by atoms with Crippen molar-refractivity contribution in [1.29, 1.82) is 0 Å². The van der Waals surface area contributed by atoms with Crippen LogP contribution in [-0.4, -0.2) is 0 Å². The van der Waals surface area contributed by atoms with Crippen LogP contribution in [0.2, 0.25) is 0 Å². The molecule has 0 spiro atoms. The van der Waals surface area contributed by atoms with Crippen molar-refractivity contribution in [1.82, 2.24) is 0 Å². The van der Waals surface area contributed by atoms with E-state index in [1.165, 1.54) is 124 Å². The second-order valence-corrected chi connectivity index (χ2v) is 28.9. The lowest BCUT2D eigenvalue weighted by atomic mass is 9.90. The molecule has 108 heavy (non-hydrogen) atoms. The first-order valence-corrected chi connectivity index (χ1v) is 36.6. The van der Waals surface area contributed by atoms with Gasteiger partial charge in [0.2, 0.25) is 0 Å². The van der Waals surface area contributed by atoms with Crippen molar-refractivity contribution >= 4 is 0 Å². The van der Waals surface area contributed by atoms with Crippen molar-refractivity contribution < 1.29 is 39.5 Å². The molecule has 582 valence electrons. The van der Waals surface area contributed by atoms with Crippen molar-refractivity contribution in [3.63, 3.8) is 0 Å². The Balaban J connectivity index is 0.000000594. The quantitative estimate of drug-likeness (QED) is 0.133. The third kappa shape index (κ3) is 32.3. The summed E-state index contributed by atoms with van der Waals surface area (Å²) in [5.41, 5.74) is 38.1. The molecule has 11 aromatic carbocycles. The van der Waals surface area contributed by atoms with Crippen LogP contribution in [0.25, 0.3) is 0 Å². The zero-order valence-corrected chi connectivity index (χ0v) is 71.3. The molecule has 0 aliphatic carbocycles. The third-order valence-corrected chi connectivity index (χ3v) is 20.7. The van der Waals surface area contributed by atoms with Crippen molar-refractivity contribution in [2.24, 2.45) is 0 Å². The molecule has 0 aliphatic heterocycles. The normalized spacial score (nSPS) is 9.94. The molecule has 0 fully saturated rings. The maximum Gasteiger partial charge on any atom is 0.129 e. The van der Waals surface area contributed by atoms with Gasteiger partial charge in [-0.2, -0.15) is 0 Å². The van der Waals surface area contributed by atoms with Crippen LogP contribution in [0.5, 0.6) is 0 Å². The van der Waals surface area contributed by atoms with Crippen molar-refractivity contribution in [3.8, 4) is 0 Å². The molecule has 0 radical (unpaired) electrons. The zero-order chi connectivity index (χ0) is 83.2. The average Bonchev–Trinajstić information content (AvgIpc) is 0.810. The highest BCUT2D eigenvalue weighted by atomic mass is 19.2. The van der Waals surface area contributed by atoms with Gasteiger partial charge >= 0.3 is 0 Å². The van der Waals surface area contributed by atoms with Crippen LogP contribution in [-0.2, 0) is 0 Å². The molecule has 9 heteroatoms. The summed E-state index contributed by atoms with van der Waals surface area (Å²) >= 11 is 0. The first-order chi connectivity index (χ1) is 50.0. The van der Waals surface area contributed by atoms with E-state index >= 15 is 0 Å². The van der Waals surface area contributed by atoms with Gasteiger partial charge in [-0.1, -0.05) is 84.4 Å². The monoisotopic (exact) mass is 1480 g/mol. The highest BCUT2D eigenvalue weighted by molar-refractivity contribution is 5.49. The van der Waals surface area contributed by atoms with Gasteiger partial charge in [-0.05, 0) is 461 Å². The van der Waals surface area contributed by atoms with Gasteiger partial charge in [-0.25, -0.2) is 39.5 Å². The molecule has 0 aromatic heterocycles. The summed E-state index contributed by atoms with van der Waals surface area (Å²) in [6.07, 6.45) is 0. The van der Waals surface area contributed by atoms with E-state index in [1.54, 1.807) is 84.0 Å². The van der Waals surface area contributed by atoms with Crippen LogP contribution < -0.4 is 0 Å². The molecule has 0 aliphatic rings. The summed E-state index contributed by atoms with van der Waals surface area (Å²) in [5, 5.41) is 0. The van der Waals surface area contributed by atoms with Gasteiger partial charge in [0, 0.05) is 12.1 Å². The molecule has 0 saturated heterocycles. The van der Waals surface area contributed by atoms with Crippen molar-refractivity contribution in [3.05, 3.63) is 382 Å². The third-order valence-electron chi connectivity index (χ3n) is 20.7. The Labute approximate surface area is 646 Å². The highest BCUT2D eigenvalue weighted by Crippen LogP contribution is 2.26. The summed E-state index contributed by atoms with van der Waals surface area (Å²) in [6.45, 7) is 66.3. The summed E-state index contributed by atoms with van der Waals surface area (Å²) in [5.74, 6) is -2.60. The van der Waals surface area contributed by atoms with Crippen LogP contribution in [0.1, 0.15) is 184 Å². The smallest absolute Gasteiger partial charge is 0.129 e. The number of rotatable bonds is 0. The largest absolute Gasteiger partial charge is 0.207 e. The number of aryl methyl sites for hydroxylation is 18. The number of hydrogen-bond donors (Lipinski definition) is 0. The predicted molar refractivity (Wildman–Crippen MR) is 447 cm³/mol. The second kappa shape index (κ2) is 46.2. The van der Waals surface area contributed by atoms with E-state index in [0.717, 1.165) is 78.9 Å². The molecule has 0 nitrogen and oxygen atoms in total. The second-order valence-electron chi connectivity index (χ2n) is 28.9. The fourth-order valence-corrected chi connectivity index (χ4v) is 10.7. The molecule has 0 unspecified atom stereocenters. The van der Waals surface area contributed by atoms with Gasteiger partial charge in [0.25, 0.3) is 0 Å². The lowest BCUT2D eigenvalue weighted by Gasteiger charge is -2.15. The van der Waals surface area contributed by atoms with Crippen molar-refractivity contribution in [2.75, 3.05) is 0 Å². The maximum absolute atomic E-state index is 12.8. The van der Waals surface area contributed by atoms with Gasteiger partial charge in [0.05, 0.1) is 0 Å². The SMILES string of the molecule is Cc1c(C)c(C)c(C)c(C)c1C.Cc1cc(C)c(C)c(C)c1.Cc1cc(C)c(C)c(F)c1.Cc1cc(C)c(C)c(F)c1.Cc1cc(F)cc(C)c1C.Cc1cc(F)cc(C)c1C.Cc1cc(F)cc(F)c1C.Cc1ccc(F)cc1F.Cc1cccc(C)c1C.Cc1cccc(C)c1C.Cc1cccc(F)c1C. The number of halogens is 9. The minimum atomic E-state index is -0.530. The van der Waals surface area contributed by atoms with Gasteiger partial charge in [0.15, 0.2) is 0 Å². The topological polar surface area (TPSA) is 0 Å². The van der Waals surface area contributed by atoms with Crippen LogP contribution in [0.3, 0.4) is 0 Å². The molecular weight excluding hydrogens is 1360 g/mol. The number of hydrogen-bond acceptors (Lipinski definition) is 0. The summed E-state index contributed by atoms with van der Waals surface area (Å²) in [6, 6.07) is 41.3. The van der Waals surface area contributed by atoms with Crippen LogP contribution in [0.15, 0.2) is 146 Å². The Hall–Kier alpha value is -9.21. The average molecular weight is 1480 g/mol. The molecular formula is C99H123F9. The molecule has 0 atom stereocenters. The fraction of sp³-hybridized carbons (Fsp3) is 0.333. The predicted octanol–water partition coefficient (Wildman–Crippen LogP) is 30.0. The summed E-state index contributed by atoms with van der Waals surface area (Å²) in [4.78, 5) is 0. The molecule has 11 aromatic rings. The molecule has 11 rings (SSSR count). The Morgan fingerprint density at radius 1 is 0.130 bits per heavy atom. The zero-order valence-electron chi connectivity index (χ0n) is 71.3. The maximum atomic E-state index is 12.8. The van der Waals surface area contributed by atoms with Gasteiger partial charge in [0.1, 0.15) is 52.4 Å². The Bertz CT molecular complexity index is 3900. The molecule has 0 N–H and O–H groups in total. The minimum Gasteiger partial charge on any atom is -0.207 e. The van der Waals surface area contributed by atoms with E-state index < -0.39 is 23.3 Å². The Morgan fingerprint density at radius 2 is 0.324 bits per heavy atom. The molecule has 0 heterocycles. The van der Waals surface area contributed by atoms with Gasteiger partial charge in [-0.15, -0.1) is 0 Å². The Morgan fingerprint density at radius 3 is 0.556 bits per heavy atom. The van der Waals surface area contributed by atoms with E-state index in [4.69, 9.17) is 0 Å². The fourth-order valence-electron chi connectivity index (χ4n) is 10.7. The van der Waals surface area contributed by atoms with Gasteiger partial charge in [-0.3, -0.25) is 0 Å². The summed E-state index contributed by atoms with van der Waals surface area (Å²) in [7, 11) is 0. The van der Waals surface area contributed by atoms with E-state index in [1.807, 2.05) is 94.4 Å². The van der Waals surface area contributed by atoms with Crippen LogP contribution in [0, 0.1) is 281 Å². The molecule has 0 bridgehead atoms. The Kier molecular flexibility index (Phi) is 41.4. The highest BCUT2D eigenvalue weighted by Gasteiger charge is 2.09. The molecule has 0 amide bonds. The van der Waals surface area contributed by atoms with E-state index in [9.17, 15) is 39.5 Å². The van der Waals surface area contributed by atoms with Crippen molar-refractivity contribution in [2.45, 2.75) is 228 Å². The first-order valence-electron chi connectivity index (χ1n) is 36.6. The van der Waals surface area contributed by atoms with E-state index in [2.05, 4.69) is 159 Å². The summed E-state index contributed by atoms with van der Waals surface area (Å²) < 4.78 is 113. The lowest BCUT2D eigenvalue weighted by Crippen LogP contribution is -1.98. The number of benzene rings is 11. The van der Waals surface area contributed by atoms with Crippen LogP contribution in [0.4, 0.5) is 39.5 Å². The molecule has 0 saturated carbocycles. The first kappa shape index (κ1) is 96.8. The minimum absolute atomic E-state index is 0.0995. The van der Waals surface area contributed by atoms with E-state index in [0.29, 0.717) is 16.7 Å². The van der Waals surface area contributed by atoms with E-state index in [-0.39, 0.29) is 29.1 Å². The standard InChI is InChI=1S/C12H18.C10H14.4C9H11F.2C9H12.C8H8F2.C8H9F.C7H6F2/c1-7-8(2)10(4)12(6)11(5)9(7)3;1-7-5-8(2)10(4)9(3)6-7;2*1-6-4-9(10)5-7(2)8(6)3;2*1-6-4-7(2)8(3)9(10)5-6;2*1-7-5-4-6-8(2)9(7)3;1-5-3-7(9)4-8(10)6(5)2;1-6-4-3-5-8(9)7(6)2;1-5-2-3-6(8)4-7(5)9/h1-6H3;5-6H,1-4H3;4*4-5H,1-3H3;2*4-6H,1-3H3;3-4H,1-2H3;3-5H,1-2H3;2-4H,1H3. The lowest BCUT2D eigenvalue weighted by molar-refractivity contribution is 0.575.